The van der Waals surface area contributed by atoms with Crippen LogP contribution in [0.4, 0.5) is 18.0 Å². The van der Waals surface area contributed by atoms with Crippen LogP contribution in [0.1, 0.15) is 62.0 Å². The van der Waals surface area contributed by atoms with Crippen LogP contribution in [0, 0.1) is 5.92 Å². The Morgan fingerprint density at radius 1 is 1.12 bits per heavy atom. The molecule has 0 atom stereocenters. The molecule has 0 aliphatic carbocycles. The normalized spacial score (nSPS) is 15.3. The molecule has 0 aromatic heterocycles. The number of nitrogens with one attached hydrogen (secondary N) is 1. The van der Waals surface area contributed by atoms with Gasteiger partial charge in [0.2, 0.25) is 0 Å². The summed E-state index contributed by atoms with van der Waals surface area (Å²) in [6.45, 7) is 8.65. The zero-order chi connectivity index (χ0) is 24.8. The monoisotopic (exact) mass is 472 g/mol. The number of amides is 1. The van der Waals surface area contributed by atoms with Crippen molar-refractivity contribution in [2.24, 2.45) is 5.92 Å². The predicted octanol–water partition coefficient (Wildman–Crippen LogP) is 4.19. The number of benzene rings is 1. The van der Waals surface area contributed by atoms with E-state index in [1.807, 2.05) is 20.8 Å². The Morgan fingerprint density at radius 3 is 2.30 bits per heavy atom. The van der Waals surface area contributed by atoms with Crippen LogP contribution in [0.3, 0.4) is 0 Å². The lowest BCUT2D eigenvalue weighted by atomic mass is 9.96. The Kier molecular flexibility index (Phi) is 8.88. The van der Waals surface area contributed by atoms with E-state index in [-0.39, 0.29) is 36.3 Å². The van der Waals surface area contributed by atoms with Crippen LogP contribution >= 0.6 is 0 Å². The third kappa shape index (κ3) is 8.03. The first-order valence-corrected chi connectivity index (χ1v) is 10.9. The molecular weight excluding hydrogens is 441 g/mol. The van der Waals surface area contributed by atoms with E-state index in [4.69, 9.17) is 4.74 Å². The van der Waals surface area contributed by atoms with E-state index in [1.54, 1.807) is 4.90 Å². The van der Waals surface area contributed by atoms with E-state index in [0.717, 1.165) is 18.9 Å². The number of halogens is 3. The number of ketones is 1. The fraction of sp³-hybridized carbons (Fsp3) is 0.609. The van der Waals surface area contributed by atoms with Gasteiger partial charge in [-0.2, -0.15) is 13.2 Å². The molecule has 7 nitrogen and oxygen atoms in total. The third-order valence-corrected chi connectivity index (χ3v) is 5.16. The van der Waals surface area contributed by atoms with Gasteiger partial charge in [0.1, 0.15) is 5.60 Å². The lowest BCUT2D eigenvalue weighted by Gasteiger charge is -2.33. The van der Waals surface area contributed by atoms with Crippen molar-refractivity contribution in [1.82, 2.24) is 10.2 Å². The molecule has 1 aromatic rings. The summed E-state index contributed by atoms with van der Waals surface area (Å²) < 4.78 is 49.4. The molecule has 1 aromatic carbocycles. The largest absolute Gasteiger partial charge is 0.460 e. The summed E-state index contributed by atoms with van der Waals surface area (Å²) in [6, 6.07) is 2.78. The summed E-state index contributed by atoms with van der Waals surface area (Å²) >= 11 is 0. The van der Waals surface area contributed by atoms with E-state index in [9.17, 15) is 27.6 Å². The quantitative estimate of drug-likeness (QED) is 0.364. The topological polar surface area (TPSA) is 84.9 Å². The Balaban J connectivity index is 1.97. The van der Waals surface area contributed by atoms with Crippen molar-refractivity contribution in [2.45, 2.75) is 58.9 Å². The molecule has 2 rings (SSSR count). The highest BCUT2D eigenvalue weighted by molar-refractivity contribution is 6.41. The maximum atomic E-state index is 13.1. The Morgan fingerprint density at radius 2 is 1.76 bits per heavy atom. The first kappa shape index (κ1) is 26.6. The van der Waals surface area contributed by atoms with Crippen molar-refractivity contribution < 1.29 is 37.0 Å². The number of ether oxygens (including phenoxy) is 2. The number of likely N-dealkylation sites (tertiary alicyclic amines) is 1. The molecule has 1 saturated heterocycles. The predicted molar refractivity (Wildman–Crippen MR) is 115 cm³/mol. The Labute approximate surface area is 191 Å². The number of nitrogens with zero attached hydrogens (tertiary/aromatic N) is 1. The summed E-state index contributed by atoms with van der Waals surface area (Å²) in [7, 11) is 0. The van der Waals surface area contributed by atoms with E-state index in [1.165, 1.54) is 13.0 Å². The van der Waals surface area contributed by atoms with Crippen LogP contribution in [0.15, 0.2) is 18.2 Å². The Bertz CT molecular complexity index is 857. The number of piperidine rings is 1. The maximum absolute atomic E-state index is 13.1. The zero-order valence-corrected chi connectivity index (χ0v) is 19.4. The molecule has 1 heterocycles. The van der Waals surface area contributed by atoms with E-state index >= 15 is 0 Å². The van der Waals surface area contributed by atoms with Gasteiger partial charge in [-0.05, 0) is 70.7 Å². The molecule has 1 aliphatic heterocycles. The number of alkyl halides is 3. The van der Waals surface area contributed by atoms with Gasteiger partial charge in [-0.3, -0.25) is 4.79 Å². The van der Waals surface area contributed by atoms with Gasteiger partial charge in [-0.1, -0.05) is 6.07 Å². The molecule has 0 saturated carbocycles. The van der Waals surface area contributed by atoms with Gasteiger partial charge in [-0.15, -0.1) is 0 Å². The molecule has 1 aliphatic rings. The van der Waals surface area contributed by atoms with E-state index in [2.05, 4.69) is 10.1 Å². The zero-order valence-electron chi connectivity index (χ0n) is 19.4. The average molecular weight is 473 g/mol. The molecule has 184 valence electrons. The van der Waals surface area contributed by atoms with Crippen LogP contribution in [0.2, 0.25) is 0 Å². The van der Waals surface area contributed by atoms with Gasteiger partial charge < -0.3 is 19.7 Å². The van der Waals surface area contributed by atoms with Crippen LogP contribution in [0.25, 0.3) is 0 Å². The van der Waals surface area contributed by atoms with Crippen LogP contribution < -0.4 is 5.32 Å². The minimum absolute atomic E-state index is 0.0564. The number of esters is 1. The van der Waals surface area contributed by atoms with Crippen molar-refractivity contribution >= 4 is 17.8 Å². The van der Waals surface area contributed by atoms with Crippen LogP contribution in [-0.2, 0) is 27.0 Å². The fourth-order valence-corrected chi connectivity index (χ4v) is 3.48. The van der Waals surface area contributed by atoms with E-state index < -0.39 is 29.1 Å². The number of hydrogen-bond acceptors (Lipinski definition) is 6. The minimum atomic E-state index is -4.64. The molecule has 0 unspecified atom stereocenters. The summed E-state index contributed by atoms with van der Waals surface area (Å²) in [5.74, 6) is -2.04. The summed E-state index contributed by atoms with van der Waals surface area (Å²) in [5, 5.41) is 3.16. The van der Waals surface area contributed by atoms with Crippen LogP contribution in [0.5, 0.6) is 0 Å². The lowest BCUT2D eigenvalue weighted by molar-refractivity contribution is -0.139. The number of carbonyl (C=O) groups excluding carboxylic acids is 3. The second-order valence-electron chi connectivity index (χ2n) is 8.96. The first-order valence-electron chi connectivity index (χ1n) is 10.9. The van der Waals surface area contributed by atoms with Crippen molar-refractivity contribution in [1.29, 1.82) is 0 Å². The molecule has 33 heavy (non-hydrogen) atoms. The lowest BCUT2D eigenvalue weighted by Crippen LogP contribution is -2.43. The van der Waals surface area contributed by atoms with Gasteiger partial charge in [0.25, 0.3) is 5.78 Å². The molecule has 1 fully saturated rings. The summed E-state index contributed by atoms with van der Waals surface area (Å²) in [5.41, 5.74) is -1.60. The maximum Gasteiger partial charge on any atom is 0.416 e. The average Bonchev–Trinajstić information content (AvgIpc) is 2.72. The molecule has 0 spiro atoms. The third-order valence-electron chi connectivity index (χ3n) is 5.16. The van der Waals surface area contributed by atoms with Gasteiger partial charge in [0.15, 0.2) is 0 Å². The van der Waals surface area contributed by atoms with Gasteiger partial charge in [0, 0.05) is 25.2 Å². The highest BCUT2D eigenvalue weighted by atomic mass is 19.4. The van der Waals surface area contributed by atoms with Crippen LogP contribution in [-0.4, -0.2) is 54.6 Å². The fourth-order valence-electron chi connectivity index (χ4n) is 3.48. The minimum Gasteiger partial charge on any atom is -0.460 e. The molecule has 0 bridgehead atoms. The Hall–Kier alpha value is -2.62. The molecule has 1 N–H and O–H groups in total. The summed E-state index contributed by atoms with van der Waals surface area (Å²) in [6.07, 6.45) is -3.50. The first-order chi connectivity index (χ1) is 15.3. The highest BCUT2D eigenvalue weighted by Gasteiger charge is 2.33. The standard InChI is InChI=1S/C23H31F3N2O5/c1-5-32-20(30)19(29)18-12-17(23(24,25)26)7-6-16(18)14-27-13-15-8-10-28(11-9-15)21(31)33-22(2,3)4/h6-7,12,15,27H,5,8-11,13-14H2,1-4H3. The summed E-state index contributed by atoms with van der Waals surface area (Å²) in [4.78, 5) is 38.0. The second kappa shape index (κ2) is 11.0. The van der Waals surface area contributed by atoms with Gasteiger partial charge in [0.05, 0.1) is 12.2 Å². The highest BCUT2D eigenvalue weighted by Crippen LogP contribution is 2.31. The molecule has 0 radical (unpaired) electrons. The van der Waals surface area contributed by atoms with Crippen molar-refractivity contribution in [2.75, 3.05) is 26.2 Å². The van der Waals surface area contributed by atoms with E-state index in [0.29, 0.717) is 25.7 Å². The van der Waals surface area contributed by atoms with Gasteiger partial charge >= 0.3 is 18.2 Å². The van der Waals surface area contributed by atoms with Crippen molar-refractivity contribution in [3.63, 3.8) is 0 Å². The molecular formula is C23H31F3N2O5. The smallest absolute Gasteiger partial charge is 0.416 e. The molecule has 1 amide bonds. The van der Waals surface area contributed by atoms with Crippen molar-refractivity contribution in [3.05, 3.63) is 34.9 Å². The SMILES string of the molecule is CCOC(=O)C(=O)c1cc(C(F)(F)F)ccc1CNCC1CCN(C(=O)OC(C)(C)C)CC1. The molecule has 10 heteroatoms. The number of hydrogen-bond donors (Lipinski definition) is 1. The number of rotatable bonds is 7. The second-order valence-corrected chi connectivity index (χ2v) is 8.96. The number of Topliss-reactive ketones (excluding diaryl/α,β-unsaturated/α-hetero) is 1. The van der Waals surface area contributed by atoms with Gasteiger partial charge in [-0.25, -0.2) is 9.59 Å². The van der Waals surface area contributed by atoms with Crippen molar-refractivity contribution in [3.8, 4) is 0 Å². The number of carbonyl (C=O) groups is 3.